The summed E-state index contributed by atoms with van der Waals surface area (Å²) in [5.41, 5.74) is 0.487. The molecule has 1 fully saturated rings. The van der Waals surface area contributed by atoms with E-state index in [0.29, 0.717) is 6.42 Å². The Labute approximate surface area is 82.2 Å². The first-order valence-electron chi connectivity index (χ1n) is 4.66. The van der Waals surface area contributed by atoms with Crippen LogP contribution in [-0.2, 0) is 4.79 Å². The van der Waals surface area contributed by atoms with Crippen molar-refractivity contribution in [2.24, 2.45) is 5.41 Å². The van der Waals surface area contributed by atoms with E-state index in [1.807, 2.05) is 13.8 Å². The van der Waals surface area contributed by atoms with Gasteiger partial charge >= 0.3 is 0 Å². The molecule has 0 N–H and O–H groups in total. The maximum absolute atomic E-state index is 12.6. The third-order valence-electron chi connectivity index (χ3n) is 3.09. The SMILES string of the molecule is CC1(C)C(=O)CC1c1ccc(F)cn1. The van der Waals surface area contributed by atoms with E-state index in [1.54, 1.807) is 6.07 Å². The molecule has 0 saturated heterocycles. The van der Waals surface area contributed by atoms with Gasteiger partial charge in [0.1, 0.15) is 11.6 Å². The Morgan fingerprint density at radius 3 is 2.64 bits per heavy atom. The molecule has 0 spiro atoms. The number of hydrogen-bond donors (Lipinski definition) is 0. The monoisotopic (exact) mass is 193 g/mol. The highest BCUT2D eigenvalue weighted by molar-refractivity contribution is 5.92. The summed E-state index contributed by atoms with van der Waals surface area (Å²) in [5.74, 6) is 0.0708. The normalized spacial score (nSPS) is 24.5. The van der Waals surface area contributed by atoms with Gasteiger partial charge in [0, 0.05) is 23.4 Å². The van der Waals surface area contributed by atoms with E-state index in [4.69, 9.17) is 0 Å². The standard InChI is InChI=1S/C11H12FNO/c1-11(2)8(5-10(11)14)9-4-3-7(12)6-13-9/h3-4,6,8H,5H2,1-2H3. The van der Waals surface area contributed by atoms with Crippen molar-refractivity contribution in [3.63, 3.8) is 0 Å². The van der Waals surface area contributed by atoms with Gasteiger partial charge < -0.3 is 0 Å². The molecule has 74 valence electrons. The van der Waals surface area contributed by atoms with Crippen molar-refractivity contribution in [1.82, 2.24) is 4.98 Å². The molecule has 1 heterocycles. The molecule has 1 aliphatic rings. The van der Waals surface area contributed by atoms with E-state index in [9.17, 15) is 9.18 Å². The summed E-state index contributed by atoms with van der Waals surface area (Å²) in [7, 11) is 0. The van der Waals surface area contributed by atoms with Gasteiger partial charge in [-0.1, -0.05) is 13.8 Å². The Hall–Kier alpha value is -1.25. The van der Waals surface area contributed by atoms with Crippen molar-refractivity contribution in [3.8, 4) is 0 Å². The van der Waals surface area contributed by atoms with Crippen LogP contribution in [-0.4, -0.2) is 10.8 Å². The van der Waals surface area contributed by atoms with Gasteiger partial charge in [0.05, 0.1) is 6.20 Å². The van der Waals surface area contributed by atoms with Crippen LogP contribution in [0.1, 0.15) is 31.9 Å². The highest BCUT2D eigenvalue weighted by Crippen LogP contribution is 2.48. The number of carbonyl (C=O) groups excluding carboxylic acids is 1. The summed E-state index contributed by atoms with van der Waals surface area (Å²) in [4.78, 5) is 15.3. The third kappa shape index (κ3) is 1.24. The van der Waals surface area contributed by atoms with Gasteiger partial charge in [0.2, 0.25) is 0 Å². The number of hydrogen-bond acceptors (Lipinski definition) is 2. The summed E-state index contributed by atoms with van der Waals surface area (Å²) in [6.45, 7) is 3.82. The predicted octanol–water partition coefficient (Wildman–Crippen LogP) is 2.30. The lowest BCUT2D eigenvalue weighted by Gasteiger charge is -2.42. The van der Waals surface area contributed by atoms with Crippen LogP contribution in [0.2, 0.25) is 0 Å². The lowest BCUT2D eigenvalue weighted by molar-refractivity contribution is -0.138. The average molecular weight is 193 g/mol. The van der Waals surface area contributed by atoms with Crippen molar-refractivity contribution in [2.75, 3.05) is 0 Å². The maximum Gasteiger partial charge on any atom is 0.141 e. The minimum absolute atomic E-state index is 0.149. The number of pyridine rings is 1. The van der Waals surface area contributed by atoms with Crippen molar-refractivity contribution in [3.05, 3.63) is 29.8 Å². The van der Waals surface area contributed by atoms with Gasteiger partial charge in [-0.2, -0.15) is 0 Å². The first-order chi connectivity index (χ1) is 6.51. The van der Waals surface area contributed by atoms with Crippen LogP contribution in [0.15, 0.2) is 18.3 Å². The molecule has 0 amide bonds. The molecule has 1 aromatic rings. The number of Topliss-reactive ketones (excluding diaryl/α,β-unsaturated/α-hetero) is 1. The molecule has 1 aliphatic carbocycles. The summed E-state index contributed by atoms with van der Waals surface area (Å²) in [6, 6.07) is 3.05. The summed E-state index contributed by atoms with van der Waals surface area (Å²) < 4.78 is 12.6. The lowest BCUT2D eigenvalue weighted by Crippen LogP contribution is -2.43. The highest BCUT2D eigenvalue weighted by Gasteiger charge is 2.48. The Morgan fingerprint density at radius 2 is 2.21 bits per heavy atom. The second-order valence-corrected chi connectivity index (χ2v) is 4.30. The van der Waals surface area contributed by atoms with E-state index in [-0.39, 0.29) is 22.9 Å². The maximum atomic E-state index is 12.6. The number of aromatic nitrogens is 1. The van der Waals surface area contributed by atoms with Gasteiger partial charge in [-0.15, -0.1) is 0 Å². The molecular formula is C11H12FNO. The Bertz CT molecular complexity index is 369. The summed E-state index contributed by atoms with van der Waals surface area (Å²) in [6.07, 6.45) is 1.74. The van der Waals surface area contributed by atoms with Crippen LogP contribution in [0.5, 0.6) is 0 Å². The predicted molar refractivity (Wildman–Crippen MR) is 50.3 cm³/mol. The first-order valence-corrected chi connectivity index (χ1v) is 4.66. The van der Waals surface area contributed by atoms with Crippen LogP contribution in [0, 0.1) is 11.2 Å². The fourth-order valence-corrected chi connectivity index (χ4v) is 1.83. The van der Waals surface area contributed by atoms with Crippen LogP contribution >= 0.6 is 0 Å². The molecule has 0 bridgehead atoms. The minimum atomic E-state index is -0.336. The highest BCUT2D eigenvalue weighted by atomic mass is 19.1. The van der Waals surface area contributed by atoms with Crippen LogP contribution in [0.3, 0.4) is 0 Å². The van der Waals surface area contributed by atoms with Crippen LogP contribution < -0.4 is 0 Å². The third-order valence-corrected chi connectivity index (χ3v) is 3.09. The second-order valence-electron chi connectivity index (χ2n) is 4.30. The van der Waals surface area contributed by atoms with Gasteiger partial charge in [-0.3, -0.25) is 9.78 Å². The van der Waals surface area contributed by atoms with Gasteiger partial charge in [-0.25, -0.2) is 4.39 Å². The number of rotatable bonds is 1. The zero-order valence-corrected chi connectivity index (χ0v) is 8.25. The van der Waals surface area contributed by atoms with Crippen LogP contribution in [0.4, 0.5) is 4.39 Å². The molecule has 2 nitrogen and oxygen atoms in total. The Morgan fingerprint density at radius 1 is 1.50 bits per heavy atom. The molecule has 1 aromatic heterocycles. The topological polar surface area (TPSA) is 30.0 Å². The molecule has 0 aromatic carbocycles. The number of ketones is 1. The van der Waals surface area contributed by atoms with Crippen molar-refractivity contribution in [1.29, 1.82) is 0 Å². The Balaban J connectivity index is 2.26. The van der Waals surface area contributed by atoms with Gasteiger partial charge in [0.25, 0.3) is 0 Å². The van der Waals surface area contributed by atoms with Crippen molar-refractivity contribution < 1.29 is 9.18 Å². The molecule has 0 aliphatic heterocycles. The fourth-order valence-electron chi connectivity index (χ4n) is 1.83. The molecular weight excluding hydrogens is 181 g/mol. The summed E-state index contributed by atoms with van der Waals surface area (Å²) >= 11 is 0. The van der Waals surface area contributed by atoms with Gasteiger partial charge in [0.15, 0.2) is 0 Å². The minimum Gasteiger partial charge on any atom is -0.299 e. The molecule has 0 radical (unpaired) electrons. The lowest BCUT2D eigenvalue weighted by atomic mass is 9.60. The molecule has 1 unspecified atom stereocenters. The van der Waals surface area contributed by atoms with Crippen molar-refractivity contribution >= 4 is 5.78 Å². The van der Waals surface area contributed by atoms with E-state index in [1.165, 1.54) is 12.3 Å². The van der Waals surface area contributed by atoms with E-state index >= 15 is 0 Å². The van der Waals surface area contributed by atoms with E-state index in [2.05, 4.69) is 4.98 Å². The van der Waals surface area contributed by atoms with Crippen LogP contribution in [0.25, 0.3) is 0 Å². The number of carbonyl (C=O) groups is 1. The second kappa shape index (κ2) is 2.87. The smallest absolute Gasteiger partial charge is 0.141 e. The molecule has 1 atom stereocenters. The fraction of sp³-hybridized carbons (Fsp3) is 0.455. The summed E-state index contributed by atoms with van der Waals surface area (Å²) in [5, 5.41) is 0. The molecule has 3 heteroatoms. The first kappa shape index (κ1) is 9.31. The van der Waals surface area contributed by atoms with Crippen molar-refractivity contribution in [2.45, 2.75) is 26.2 Å². The average Bonchev–Trinajstić information content (AvgIpc) is 2.16. The zero-order chi connectivity index (χ0) is 10.3. The molecule has 14 heavy (non-hydrogen) atoms. The Kier molecular flexibility index (Phi) is 1.91. The number of halogens is 1. The van der Waals surface area contributed by atoms with Gasteiger partial charge in [-0.05, 0) is 12.1 Å². The van der Waals surface area contributed by atoms with E-state index in [0.717, 1.165) is 5.69 Å². The molecule has 2 rings (SSSR count). The largest absolute Gasteiger partial charge is 0.299 e. The zero-order valence-electron chi connectivity index (χ0n) is 8.25. The van der Waals surface area contributed by atoms with E-state index < -0.39 is 0 Å². The quantitative estimate of drug-likeness (QED) is 0.685. The molecule has 1 saturated carbocycles. The number of nitrogens with zero attached hydrogens (tertiary/aromatic N) is 1.